The number of methoxy groups -OCH3 is 1. The Kier molecular flexibility index (Phi) is 5.05. The van der Waals surface area contributed by atoms with Gasteiger partial charge in [-0.2, -0.15) is 0 Å². The van der Waals surface area contributed by atoms with Crippen molar-refractivity contribution in [2.24, 2.45) is 0 Å². The van der Waals surface area contributed by atoms with E-state index in [0.29, 0.717) is 11.4 Å². The van der Waals surface area contributed by atoms with Gasteiger partial charge in [-0.25, -0.2) is 9.78 Å². The number of carbonyl (C=O) groups is 2. The second-order valence-electron chi connectivity index (χ2n) is 3.61. The van der Waals surface area contributed by atoms with E-state index in [1.54, 1.807) is 6.92 Å². The second-order valence-corrected chi connectivity index (χ2v) is 3.61. The first-order valence-electron chi connectivity index (χ1n) is 5.63. The molecule has 19 heavy (non-hydrogen) atoms. The van der Waals surface area contributed by atoms with Crippen molar-refractivity contribution >= 4 is 17.5 Å². The van der Waals surface area contributed by atoms with Crippen LogP contribution in [0.4, 0.5) is 0 Å². The first kappa shape index (κ1) is 14.7. The highest BCUT2D eigenvalue weighted by molar-refractivity contribution is 6.41. The Morgan fingerprint density at radius 3 is 2.68 bits per heavy atom. The molecule has 0 spiro atoms. The van der Waals surface area contributed by atoms with E-state index >= 15 is 0 Å². The van der Waals surface area contributed by atoms with Gasteiger partial charge in [-0.15, -0.1) is 0 Å². The molecule has 1 aromatic rings. The highest BCUT2D eigenvalue weighted by Gasteiger charge is 2.21. The molecule has 102 valence electrons. The number of hydrogen-bond donors (Lipinski definition) is 1. The summed E-state index contributed by atoms with van der Waals surface area (Å²) in [6.45, 7) is 3.04. The lowest BCUT2D eigenvalue weighted by atomic mass is 10.1. The van der Waals surface area contributed by atoms with Crippen LogP contribution in [0.25, 0.3) is 5.76 Å². The fourth-order valence-electron chi connectivity index (χ4n) is 1.34. The van der Waals surface area contributed by atoms with Gasteiger partial charge in [-0.3, -0.25) is 4.79 Å². The van der Waals surface area contributed by atoms with E-state index in [2.05, 4.69) is 9.72 Å². The maximum atomic E-state index is 11.7. The lowest BCUT2D eigenvalue weighted by Crippen LogP contribution is -2.19. The van der Waals surface area contributed by atoms with E-state index in [1.165, 1.54) is 32.4 Å². The number of aromatic nitrogens is 1. The Labute approximate surface area is 110 Å². The van der Waals surface area contributed by atoms with Crippen LogP contribution in [0, 0.1) is 0 Å². The van der Waals surface area contributed by atoms with Crippen molar-refractivity contribution < 1.29 is 24.2 Å². The van der Waals surface area contributed by atoms with Crippen LogP contribution in [-0.4, -0.2) is 35.6 Å². The normalized spacial score (nSPS) is 11.5. The number of pyridine rings is 1. The van der Waals surface area contributed by atoms with Gasteiger partial charge in [0.25, 0.3) is 5.78 Å². The van der Waals surface area contributed by atoms with E-state index in [-0.39, 0.29) is 17.9 Å². The SMILES string of the molecule is CCOC(=O)C(=O)/C(C)=C(/O)c1ccnc(OC)c1. The summed E-state index contributed by atoms with van der Waals surface area (Å²) >= 11 is 0. The van der Waals surface area contributed by atoms with Crippen LogP contribution in [0.3, 0.4) is 0 Å². The molecular formula is C13H15NO5. The largest absolute Gasteiger partial charge is 0.507 e. The van der Waals surface area contributed by atoms with Gasteiger partial charge in [0.15, 0.2) is 0 Å². The van der Waals surface area contributed by atoms with Gasteiger partial charge < -0.3 is 14.6 Å². The van der Waals surface area contributed by atoms with Crippen LogP contribution >= 0.6 is 0 Å². The number of ketones is 1. The Balaban J connectivity index is 3.07. The van der Waals surface area contributed by atoms with Crippen molar-refractivity contribution in [3.63, 3.8) is 0 Å². The van der Waals surface area contributed by atoms with Gasteiger partial charge in [0.05, 0.1) is 13.7 Å². The zero-order valence-corrected chi connectivity index (χ0v) is 11.0. The van der Waals surface area contributed by atoms with Crippen molar-refractivity contribution in [2.45, 2.75) is 13.8 Å². The number of ether oxygens (including phenoxy) is 2. The zero-order chi connectivity index (χ0) is 14.4. The number of aliphatic hydroxyl groups is 1. The highest BCUT2D eigenvalue weighted by Crippen LogP contribution is 2.19. The van der Waals surface area contributed by atoms with Gasteiger partial charge >= 0.3 is 5.97 Å². The van der Waals surface area contributed by atoms with E-state index < -0.39 is 11.8 Å². The number of aliphatic hydroxyl groups excluding tert-OH is 1. The zero-order valence-electron chi connectivity index (χ0n) is 11.0. The summed E-state index contributed by atoms with van der Waals surface area (Å²) in [6, 6.07) is 2.96. The number of hydrogen-bond acceptors (Lipinski definition) is 6. The summed E-state index contributed by atoms with van der Waals surface area (Å²) in [5.74, 6) is -1.89. The molecule has 0 saturated heterocycles. The Morgan fingerprint density at radius 2 is 2.11 bits per heavy atom. The minimum absolute atomic E-state index is 0.0910. The fourth-order valence-corrected chi connectivity index (χ4v) is 1.34. The van der Waals surface area contributed by atoms with E-state index in [4.69, 9.17) is 4.74 Å². The van der Waals surface area contributed by atoms with Crippen LogP contribution in [-0.2, 0) is 14.3 Å². The molecular weight excluding hydrogens is 250 g/mol. The Bertz CT molecular complexity index is 522. The third-order valence-electron chi connectivity index (χ3n) is 2.37. The molecule has 0 saturated carbocycles. The molecule has 0 unspecified atom stereocenters. The van der Waals surface area contributed by atoms with Crippen molar-refractivity contribution in [3.05, 3.63) is 29.5 Å². The molecule has 1 aromatic heterocycles. The summed E-state index contributed by atoms with van der Waals surface area (Å²) < 4.78 is 9.49. The van der Waals surface area contributed by atoms with Gasteiger partial charge in [-0.1, -0.05) is 0 Å². The molecule has 6 nitrogen and oxygen atoms in total. The van der Waals surface area contributed by atoms with Crippen LogP contribution < -0.4 is 4.74 Å². The monoisotopic (exact) mass is 265 g/mol. The molecule has 0 bridgehead atoms. The van der Waals surface area contributed by atoms with Gasteiger partial charge in [0.2, 0.25) is 5.88 Å². The molecule has 0 atom stereocenters. The summed E-state index contributed by atoms with van der Waals surface area (Å²) in [6.07, 6.45) is 1.42. The standard InChI is InChI=1S/C13H15NO5/c1-4-19-13(17)12(16)8(2)11(15)9-5-6-14-10(7-9)18-3/h5-7,15H,4H2,1-3H3/b11-8+. The molecule has 0 aliphatic rings. The lowest BCUT2D eigenvalue weighted by molar-refractivity contribution is -0.151. The molecule has 1 N–H and O–H groups in total. The predicted molar refractivity (Wildman–Crippen MR) is 67.7 cm³/mol. The minimum Gasteiger partial charge on any atom is -0.507 e. The third-order valence-corrected chi connectivity index (χ3v) is 2.37. The van der Waals surface area contributed by atoms with Gasteiger partial charge in [-0.05, 0) is 19.9 Å². The highest BCUT2D eigenvalue weighted by atomic mass is 16.5. The van der Waals surface area contributed by atoms with Crippen LogP contribution in [0.5, 0.6) is 5.88 Å². The van der Waals surface area contributed by atoms with Crippen LogP contribution in [0.1, 0.15) is 19.4 Å². The molecule has 1 heterocycles. The van der Waals surface area contributed by atoms with Crippen molar-refractivity contribution in [1.29, 1.82) is 0 Å². The smallest absolute Gasteiger partial charge is 0.379 e. The predicted octanol–water partition coefficient (Wildman–Crippen LogP) is 1.51. The van der Waals surface area contributed by atoms with Crippen molar-refractivity contribution in [2.75, 3.05) is 13.7 Å². The molecule has 6 heteroatoms. The summed E-state index contributed by atoms with van der Waals surface area (Å²) in [5.41, 5.74) is 0.244. The molecule has 0 aromatic carbocycles. The molecule has 0 aliphatic carbocycles. The van der Waals surface area contributed by atoms with E-state index in [1.807, 2.05) is 0 Å². The first-order chi connectivity index (χ1) is 9.01. The average molecular weight is 265 g/mol. The summed E-state index contributed by atoms with van der Waals surface area (Å²) in [4.78, 5) is 26.8. The fraction of sp³-hybridized carbons (Fsp3) is 0.308. The average Bonchev–Trinajstić information content (AvgIpc) is 2.45. The minimum atomic E-state index is -0.993. The van der Waals surface area contributed by atoms with Crippen molar-refractivity contribution in [3.8, 4) is 5.88 Å². The van der Waals surface area contributed by atoms with E-state index in [0.717, 1.165) is 0 Å². The molecule has 0 fully saturated rings. The quantitative estimate of drug-likeness (QED) is 0.376. The van der Waals surface area contributed by atoms with Gasteiger partial charge in [0, 0.05) is 23.4 Å². The summed E-state index contributed by atoms with van der Waals surface area (Å²) in [7, 11) is 1.43. The van der Waals surface area contributed by atoms with Crippen LogP contribution in [0.2, 0.25) is 0 Å². The third kappa shape index (κ3) is 3.54. The summed E-state index contributed by atoms with van der Waals surface area (Å²) in [5, 5.41) is 9.96. The molecule has 1 rings (SSSR count). The second kappa shape index (κ2) is 6.53. The maximum absolute atomic E-state index is 11.7. The van der Waals surface area contributed by atoms with Crippen LogP contribution in [0.15, 0.2) is 23.9 Å². The lowest BCUT2D eigenvalue weighted by Gasteiger charge is -2.06. The first-order valence-corrected chi connectivity index (χ1v) is 5.63. The number of Topliss-reactive ketones (excluding diaryl/α,β-unsaturated/α-hetero) is 1. The number of carbonyl (C=O) groups excluding carboxylic acids is 2. The van der Waals surface area contributed by atoms with Gasteiger partial charge in [0.1, 0.15) is 5.76 Å². The number of rotatable bonds is 5. The Hall–Kier alpha value is -2.37. The number of nitrogens with zero attached hydrogens (tertiary/aromatic N) is 1. The Morgan fingerprint density at radius 1 is 1.42 bits per heavy atom. The molecule has 0 aliphatic heterocycles. The number of esters is 1. The maximum Gasteiger partial charge on any atom is 0.379 e. The van der Waals surface area contributed by atoms with Crippen molar-refractivity contribution in [1.82, 2.24) is 4.98 Å². The molecule has 0 radical (unpaired) electrons. The molecule has 0 amide bonds. The topological polar surface area (TPSA) is 85.7 Å². The van der Waals surface area contributed by atoms with E-state index in [9.17, 15) is 14.7 Å².